The van der Waals surface area contributed by atoms with Crippen molar-refractivity contribution >= 4 is 33.1 Å². The summed E-state index contributed by atoms with van der Waals surface area (Å²) in [5, 5.41) is 4.70. The molecule has 0 aliphatic carbocycles. The van der Waals surface area contributed by atoms with Gasteiger partial charge >= 0.3 is 5.69 Å². The molecule has 2 aromatic carbocycles. The molecule has 0 saturated carbocycles. The Kier molecular flexibility index (Phi) is 5.84. The lowest BCUT2D eigenvalue weighted by Gasteiger charge is -2.16. The molecule has 164 valence electrons. The van der Waals surface area contributed by atoms with Gasteiger partial charge in [0.1, 0.15) is 11.2 Å². The molecule has 7 heteroatoms. The van der Waals surface area contributed by atoms with Crippen LogP contribution in [0.15, 0.2) is 63.5 Å². The van der Waals surface area contributed by atoms with E-state index in [0.29, 0.717) is 15.9 Å². The molecule has 0 radical (unpaired) electrons. The van der Waals surface area contributed by atoms with Gasteiger partial charge in [0, 0.05) is 5.69 Å². The lowest BCUT2D eigenvalue weighted by Crippen LogP contribution is -2.40. The minimum Gasteiger partial charge on any atom is -0.324 e. The number of nitrogens with zero attached hydrogens (tertiary/aromatic N) is 2. The summed E-state index contributed by atoms with van der Waals surface area (Å²) in [6.07, 6.45) is 0. The van der Waals surface area contributed by atoms with Crippen molar-refractivity contribution in [1.82, 2.24) is 9.13 Å². The van der Waals surface area contributed by atoms with E-state index in [9.17, 15) is 14.4 Å². The number of carbonyl (C=O) groups excluding carboxylic acids is 1. The van der Waals surface area contributed by atoms with E-state index in [0.717, 1.165) is 22.4 Å². The molecule has 4 aromatic rings. The molecule has 0 fully saturated rings. The van der Waals surface area contributed by atoms with Gasteiger partial charge in [-0.1, -0.05) is 44.2 Å². The van der Waals surface area contributed by atoms with Crippen LogP contribution in [0.2, 0.25) is 0 Å². The van der Waals surface area contributed by atoms with E-state index >= 15 is 0 Å². The summed E-state index contributed by atoms with van der Waals surface area (Å²) in [4.78, 5) is 39.6. The van der Waals surface area contributed by atoms with E-state index in [1.807, 2.05) is 50.2 Å². The Labute approximate surface area is 189 Å². The number of hydrogen-bond acceptors (Lipinski definition) is 4. The number of hydrogen-bond donors (Lipinski definition) is 1. The van der Waals surface area contributed by atoms with Gasteiger partial charge in [-0.05, 0) is 60.0 Å². The van der Waals surface area contributed by atoms with E-state index in [-0.39, 0.29) is 23.9 Å². The first-order valence-electron chi connectivity index (χ1n) is 10.5. The fourth-order valence-corrected chi connectivity index (χ4v) is 4.70. The monoisotopic (exact) mass is 447 g/mol. The van der Waals surface area contributed by atoms with Crippen molar-refractivity contribution in [2.24, 2.45) is 0 Å². The fourth-order valence-electron chi connectivity index (χ4n) is 3.88. The van der Waals surface area contributed by atoms with Crippen LogP contribution in [0.3, 0.4) is 0 Å². The summed E-state index contributed by atoms with van der Waals surface area (Å²) < 4.78 is 3.00. The highest BCUT2D eigenvalue weighted by Crippen LogP contribution is 2.24. The van der Waals surface area contributed by atoms with Crippen molar-refractivity contribution in [2.75, 3.05) is 5.32 Å². The molecule has 0 bridgehead atoms. The minimum atomic E-state index is -0.526. The number of carbonyl (C=O) groups is 1. The van der Waals surface area contributed by atoms with Crippen LogP contribution in [0.25, 0.3) is 15.9 Å². The molecular formula is C25H25N3O3S. The number of fused-ring (bicyclic) bond motifs is 1. The molecule has 0 aliphatic rings. The molecular weight excluding hydrogens is 422 g/mol. The summed E-state index contributed by atoms with van der Waals surface area (Å²) in [5.41, 5.74) is 3.70. The van der Waals surface area contributed by atoms with Crippen LogP contribution < -0.4 is 16.6 Å². The first-order valence-corrected chi connectivity index (χ1v) is 11.4. The molecule has 2 aromatic heterocycles. The van der Waals surface area contributed by atoms with E-state index in [2.05, 4.69) is 19.2 Å². The second-order valence-corrected chi connectivity index (χ2v) is 9.07. The van der Waals surface area contributed by atoms with Crippen LogP contribution in [-0.2, 0) is 11.3 Å². The Morgan fingerprint density at radius 3 is 2.53 bits per heavy atom. The van der Waals surface area contributed by atoms with Gasteiger partial charge in [0.2, 0.25) is 5.91 Å². The van der Waals surface area contributed by atoms with Gasteiger partial charge in [-0.2, -0.15) is 0 Å². The highest BCUT2D eigenvalue weighted by atomic mass is 32.1. The van der Waals surface area contributed by atoms with Crippen LogP contribution in [-0.4, -0.2) is 15.0 Å². The molecule has 0 spiro atoms. The lowest BCUT2D eigenvalue weighted by atomic mass is 10.0. The molecule has 1 N–H and O–H groups in total. The maximum atomic E-state index is 13.5. The van der Waals surface area contributed by atoms with Crippen LogP contribution >= 0.6 is 11.3 Å². The van der Waals surface area contributed by atoms with Gasteiger partial charge in [0.05, 0.1) is 11.2 Å². The average molecular weight is 448 g/mol. The van der Waals surface area contributed by atoms with Crippen LogP contribution in [0.1, 0.15) is 36.5 Å². The summed E-state index contributed by atoms with van der Waals surface area (Å²) >= 11 is 1.27. The number of rotatable bonds is 5. The summed E-state index contributed by atoms with van der Waals surface area (Å²) in [7, 11) is 0. The predicted molar refractivity (Wildman–Crippen MR) is 130 cm³/mol. The van der Waals surface area contributed by atoms with E-state index < -0.39 is 5.69 Å². The highest BCUT2D eigenvalue weighted by molar-refractivity contribution is 7.17. The van der Waals surface area contributed by atoms with Crippen molar-refractivity contribution in [1.29, 1.82) is 0 Å². The zero-order valence-corrected chi connectivity index (χ0v) is 19.3. The van der Waals surface area contributed by atoms with Gasteiger partial charge in [-0.3, -0.25) is 14.2 Å². The van der Waals surface area contributed by atoms with Crippen molar-refractivity contribution in [3.63, 3.8) is 0 Å². The first-order chi connectivity index (χ1) is 15.3. The summed E-state index contributed by atoms with van der Waals surface area (Å²) in [6.45, 7) is 7.75. The Morgan fingerprint density at radius 2 is 1.78 bits per heavy atom. The number of anilines is 1. The average Bonchev–Trinajstić information content (AvgIpc) is 3.24. The third kappa shape index (κ3) is 3.80. The van der Waals surface area contributed by atoms with Gasteiger partial charge < -0.3 is 5.32 Å². The number of aryl methyl sites for hydroxylation is 1. The number of para-hydroxylation sites is 1. The standard InChI is InChI=1S/C25H25N3O3S/c1-15(2)18-9-5-6-10-19(18)26-22(29)14-27-21-12-13-32-23(21)24(30)28(25(27)31)20-11-7-8-16(3)17(20)4/h5-13,15H,14H2,1-4H3,(H,26,29). The van der Waals surface area contributed by atoms with E-state index in [1.165, 1.54) is 20.5 Å². The van der Waals surface area contributed by atoms with E-state index in [4.69, 9.17) is 0 Å². The zero-order valence-electron chi connectivity index (χ0n) is 18.5. The van der Waals surface area contributed by atoms with Crippen molar-refractivity contribution in [3.05, 3.63) is 91.4 Å². The van der Waals surface area contributed by atoms with Gasteiger partial charge in [0.25, 0.3) is 5.56 Å². The minimum absolute atomic E-state index is 0.191. The van der Waals surface area contributed by atoms with Crippen molar-refractivity contribution < 1.29 is 4.79 Å². The van der Waals surface area contributed by atoms with Gasteiger partial charge in [-0.25, -0.2) is 9.36 Å². The first kappa shape index (κ1) is 21.8. The van der Waals surface area contributed by atoms with Gasteiger partial charge in [0.15, 0.2) is 0 Å². The van der Waals surface area contributed by atoms with Gasteiger partial charge in [-0.15, -0.1) is 11.3 Å². The zero-order chi connectivity index (χ0) is 23.0. The summed E-state index contributed by atoms with van der Waals surface area (Å²) in [5.74, 6) is -0.0807. The highest BCUT2D eigenvalue weighted by Gasteiger charge is 2.19. The van der Waals surface area contributed by atoms with Crippen molar-refractivity contribution in [2.45, 2.75) is 40.2 Å². The van der Waals surface area contributed by atoms with Crippen LogP contribution in [0.5, 0.6) is 0 Å². The normalized spacial score (nSPS) is 11.3. The molecule has 4 rings (SSSR count). The second-order valence-electron chi connectivity index (χ2n) is 8.15. The maximum absolute atomic E-state index is 13.5. The third-order valence-electron chi connectivity index (χ3n) is 5.73. The number of nitrogens with one attached hydrogen (secondary N) is 1. The number of benzene rings is 2. The van der Waals surface area contributed by atoms with E-state index in [1.54, 1.807) is 17.5 Å². The Balaban J connectivity index is 1.81. The molecule has 0 saturated heterocycles. The molecule has 2 heterocycles. The SMILES string of the molecule is Cc1cccc(-n2c(=O)c3sccc3n(CC(=O)Nc3ccccc3C(C)C)c2=O)c1C. The fraction of sp³-hybridized carbons (Fsp3) is 0.240. The molecule has 0 atom stereocenters. The topological polar surface area (TPSA) is 73.1 Å². The summed E-state index contributed by atoms with van der Waals surface area (Å²) in [6, 6.07) is 14.9. The predicted octanol–water partition coefficient (Wildman–Crippen LogP) is 4.59. The Hall–Kier alpha value is -3.45. The van der Waals surface area contributed by atoms with Crippen LogP contribution in [0, 0.1) is 13.8 Å². The maximum Gasteiger partial charge on any atom is 0.336 e. The quantitative estimate of drug-likeness (QED) is 0.486. The molecule has 6 nitrogen and oxygen atoms in total. The molecule has 0 unspecified atom stereocenters. The molecule has 0 aliphatic heterocycles. The largest absolute Gasteiger partial charge is 0.336 e. The Morgan fingerprint density at radius 1 is 1.03 bits per heavy atom. The molecule has 32 heavy (non-hydrogen) atoms. The smallest absolute Gasteiger partial charge is 0.324 e. The van der Waals surface area contributed by atoms with Crippen molar-refractivity contribution in [3.8, 4) is 5.69 Å². The number of aromatic nitrogens is 2. The Bertz CT molecular complexity index is 1440. The lowest BCUT2D eigenvalue weighted by molar-refractivity contribution is -0.116. The number of amides is 1. The number of thiophene rings is 1. The van der Waals surface area contributed by atoms with Crippen LogP contribution in [0.4, 0.5) is 5.69 Å². The second kappa shape index (κ2) is 8.59. The third-order valence-corrected chi connectivity index (χ3v) is 6.62. The molecule has 1 amide bonds.